The van der Waals surface area contributed by atoms with Gasteiger partial charge in [0.15, 0.2) is 0 Å². The Hall–Kier alpha value is -3.42. The Morgan fingerprint density at radius 3 is 2.34 bits per heavy atom. The molecule has 4 amide bonds. The molecule has 4 rings (SSSR count). The Balaban J connectivity index is 1.53. The maximum absolute atomic E-state index is 13.9. The molecule has 168 valence electrons. The van der Waals surface area contributed by atoms with Crippen LogP contribution >= 0.6 is 0 Å². The number of halogens is 1. The van der Waals surface area contributed by atoms with Gasteiger partial charge in [0, 0.05) is 57.4 Å². The number of anilines is 1. The molecule has 2 aliphatic rings. The second-order valence-electron chi connectivity index (χ2n) is 8.88. The van der Waals surface area contributed by atoms with Gasteiger partial charge in [-0.25, -0.2) is 9.18 Å². The van der Waals surface area contributed by atoms with E-state index in [4.69, 9.17) is 0 Å². The largest absolute Gasteiger partial charge is 0.348 e. The van der Waals surface area contributed by atoms with Crippen LogP contribution in [0.1, 0.15) is 15.9 Å². The summed E-state index contributed by atoms with van der Waals surface area (Å²) >= 11 is 0. The van der Waals surface area contributed by atoms with E-state index in [0.29, 0.717) is 29.9 Å². The third-order valence-electron chi connectivity index (χ3n) is 6.46. The molecular weight excluding hydrogens is 411 g/mol. The third-order valence-corrected chi connectivity index (χ3v) is 6.46. The summed E-state index contributed by atoms with van der Waals surface area (Å²) in [5.74, 6) is -0.777. The van der Waals surface area contributed by atoms with Gasteiger partial charge in [0.1, 0.15) is 5.82 Å². The summed E-state index contributed by atoms with van der Waals surface area (Å²) in [6, 6.07) is 13.1. The molecule has 2 fully saturated rings. The summed E-state index contributed by atoms with van der Waals surface area (Å²) in [6.45, 7) is 2.86. The van der Waals surface area contributed by atoms with Crippen LogP contribution in [-0.2, 0) is 4.79 Å². The van der Waals surface area contributed by atoms with E-state index in [1.165, 1.54) is 11.0 Å². The highest BCUT2D eigenvalue weighted by Crippen LogP contribution is 2.44. The smallest absolute Gasteiger partial charge is 0.321 e. The number of hydrogen-bond acceptors (Lipinski definition) is 3. The Morgan fingerprint density at radius 1 is 1.03 bits per heavy atom. The fraction of sp³-hybridized carbons (Fsp3) is 0.375. The van der Waals surface area contributed by atoms with Crippen molar-refractivity contribution in [2.24, 2.45) is 11.3 Å². The Labute approximate surface area is 186 Å². The molecule has 0 aromatic heterocycles. The highest BCUT2D eigenvalue weighted by atomic mass is 19.1. The summed E-state index contributed by atoms with van der Waals surface area (Å²) < 4.78 is 13.9. The van der Waals surface area contributed by atoms with E-state index in [0.717, 1.165) is 0 Å². The normalized spacial score (nSPS) is 21.9. The van der Waals surface area contributed by atoms with Crippen LogP contribution in [-0.4, -0.2) is 72.8 Å². The van der Waals surface area contributed by atoms with Gasteiger partial charge in [-0.15, -0.1) is 0 Å². The zero-order valence-electron chi connectivity index (χ0n) is 18.5. The number of nitrogens with zero attached hydrogens (tertiary/aromatic N) is 3. The minimum Gasteiger partial charge on any atom is -0.348 e. The van der Waals surface area contributed by atoms with E-state index in [9.17, 15) is 18.8 Å². The van der Waals surface area contributed by atoms with Crippen molar-refractivity contribution in [2.75, 3.05) is 45.6 Å². The number of benzene rings is 2. The summed E-state index contributed by atoms with van der Waals surface area (Å²) in [5, 5.41) is 2.73. The average molecular weight is 439 g/mol. The quantitative estimate of drug-likeness (QED) is 0.801. The van der Waals surface area contributed by atoms with E-state index in [1.54, 1.807) is 55.1 Å². The first kappa shape index (κ1) is 21.8. The van der Waals surface area contributed by atoms with Crippen LogP contribution in [0.5, 0.6) is 0 Å². The van der Waals surface area contributed by atoms with Gasteiger partial charge < -0.3 is 20.0 Å². The molecule has 0 aliphatic carbocycles. The lowest BCUT2D eigenvalue weighted by atomic mass is 9.80. The van der Waals surface area contributed by atoms with Crippen molar-refractivity contribution >= 4 is 23.5 Å². The van der Waals surface area contributed by atoms with Crippen molar-refractivity contribution < 1.29 is 18.8 Å². The molecule has 8 heteroatoms. The maximum Gasteiger partial charge on any atom is 0.321 e. The Bertz CT molecular complexity index is 1060. The second kappa shape index (κ2) is 8.26. The second-order valence-corrected chi connectivity index (χ2v) is 8.88. The number of urea groups is 1. The lowest BCUT2D eigenvalue weighted by Gasteiger charge is -2.30. The molecule has 2 heterocycles. The first-order valence-corrected chi connectivity index (χ1v) is 10.6. The van der Waals surface area contributed by atoms with Crippen LogP contribution < -0.4 is 5.32 Å². The predicted molar refractivity (Wildman–Crippen MR) is 119 cm³/mol. The summed E-state index contributed by atoms with van der Waals surface area (Å²) in [7, 11) is 3.38. The lowest BCUT2D eigenvalue weighted by Crippen LogP contribution is -2.48. The summed E-state index contributed by atoms with van der Waals surface area (Å²) in [4.78, 5) is 44.0. The number of amides is 4. The van der Waals surface area contributed by atoms with Crippen molar-refractivity contribution in [1.29, 1.82) is 0 Å². The highest BCUT2D eigenvalue weighted by molar-refractivity contribution is 5.96. The van der Waals surface area contributed by atoms with Crippen molar-refractivity contribution in [3.8, 4) is 0 Å². The van der Waals surface area contributed by atoms with E-state index < -0.39 is 11.2 Å². The minimum atomic E-state index is -0.857. The monoisotopic (exact) mass is 438 g/mol. The van der Waals surface area contributed by atoms with E-state index in [-0.39, 0.29) is 36.9 Å². The molecule has 2 atom stereocenters. The van der Waals surface area contributed by atoms with Crippen LogP contribution in [0.2, 0.25) is 0 Å². The Morgan fingerprint density at radius 2 is 1.69 bits per heavy atom. The SMILES string of the molecule is Cc1ccc(NC(=O)N2C[C@@H]3CN(C(=O)c4ccccc4)C[C@]3(C(=O)N(C)C)C2)cc1F. The van der Waals surface area contributed by atoms with Gasteiger partial charge in [0.05, 0.1) is 5.41 Å². The maximum atomic E-state index is 13.9. The predicted octanol–water partition coefficient (Wildman–Crippen LogP) is 2.83. The molecule has 0 bridgehead atoms. The van der Waals surface area contributed by atoms with Crippen LogP contribution in [0.25, 0.3) is 0 Å². The van der Waals surface area contributed by atoms with E-state index in [1.807, 2.05) is 18.2 Å². The molecule has 7 nitrogen and oxygen atoms in total. The Kier molecular flexibility index (Phi) is 5.62. The van der Waals surface area contributed by atoms with Crippen LogP contribution in [0.3, 0.4) is 0 Å². The fourth-order valence-electron chi connectivity index (χ4n) is 4.76. The average Bonchev–Trinajstić information content (AvgIpc) is 3.31. The van der Waals surface area contributed by atoms with Gasteiger partial charge >= 0.3 is 6.03 Å². The zero-order valence-corrected chi connectivity index (χ0v) is 18.5. The first-order chi connectivity index (χ1) is 15.2. The number of nitrogens with one attached hydrogen (secondary N) is 1. The topological polar surface area (TPSA) is 73.0 Å². The number of hydrogen-bond donors (Lipinski definition) is 1. The molecular formula is C24H27FN4O3. The van der Waals surface area contributed by atoms with Gasteiger partial charge in [0.2, 0.25) is 5.91 Å². The third kappa shape index (κ3) is 3.81. The number of carbonyl (C=O) groups excluding carboxylic acids is 3. The van der Waals surface area contributed by atoms with Crippen molar-refractivity contribution in [3.05, 3.63) is 65.5 Å². The van der Waals surface area contributed by atoms with Crippen LogP contribution in [0, 0.1) is 24.1 Å². The number of aryl methyl sites for hydroxylation is 1. The van der Waals surface area contributed by atoms with E-state index >= 15 is 0 Å². The number of fused-ring (bicyclic) bond motifs is 1. The van der Waals surface area contributed by atoms with Gasteiger partial charge in [0.25, 0.3) is 5.91 Å². The molecule has 2 saturated heterocycles. The van der Waals surface area contributed by atoms with Gasteiger partial charge in [-0.2, -0.15) is 0 Å². The molecule has 1 N–H and O–H groups in total. The molecule has 0 saturated carbocycles. The number of rotatable bonds is 3. The van der Waals surface area contributed by atoms with Gasteiger partial charge in [-0.3, -0.25) is 9.59 Å². The lowest BCUT2D eigenvalue weighted by molar-refractivity contribution is -0.139. The number of carbonyl (C=O) groups is 3. The minimum absolute atomic E-state index is 0.0949. The molecule has 0 unspecified atom stereocenters. The molecule has 2 aliphatic heterocycles. The molecule has 32 heavy (non-hydrogen) atoms. The summed E-state index contributed by atoms with van der Waals surface area (Å²) in [6.07, 6.45) is 0. The van der Waals surface area contributed by atoms with Crippen LogP contribution in [0.15, 0.2) is 48.5 Å². The van der Waals surface area contributed by atoms with E-state index in [2.05, 4.69) is 5.32 Å². The first-order valence-electron chi connectivity index (χ1n) is 10.6. The molecule has 0 radical (unpaired) electrons. The molecule has 0 spiro atoms. The number of likely N-dealkylation sites (tertiary alicyclic amines) is 2. The van der Waals surface area contributed by atoms with Crippen molar-refractivity contribution in [2.45, 2.75) is 6.92 Å². The van der Waals surface area contributed by atoms with Gasteiger partial charge in [-0.1, -0.05) is 24.3 Å². The highest BCUT2D eigenvalue weighted by Gasteiger charge is 2.59. The molecule has 2 aromatic carbocycles. The standard InChI is InChI=1S/C24H27FN4O3/c1-16-9-10-19(11-20(16)25)26-23(32)29-13-18-12-28(21(30)17-7-5-4-6-8-17)14-24(18,15-29)22(31)27(2)3/h4-11,18H,12-15H2,1-3H3,(H,26,32)/t18-,24-/m0/s1. The van der Waals surface area contributed by atoms with Gasteiger partial charge in [-0.05, 0) is 36.8 Å². The fourth-order valence-corrected chi connectivity index (χ4v) is 4.76. The summed E-state index contributed by atoms with van der Waals surface area (Å²) in [5.41, 5.74) is 0.585. The van der Waals surface area contributed by atoms with Crippen LogP contribution in [0.4, 0.5) is 14.9 Å². The van der Waals surface area contributed by atoms with Crippen molar-refractivity contribution in [3.63, 3.8) is 0 Å². The zero-order chi connectivity index (χ0) is 23.0. The van der Waals surface area contributed by atoms with Crippen molar-refractivity contribution in [1.82, 2.24) is 14.7 Å². The molecule has 2 aromatic rings.